The quantitative estimate of drug-likeness (QED) is 0.875. The molecule has 0 radical (unpaired) electrons. The van der Waals surface area contributed by atoms with Gasteiger partial charge < -0.3 is 15.6 Å². The minimum absolute atomic E-state index is 0.0819. The topological polar surface area (TPSA) is 58.7 Å². The van der Waals surface area contributed by atoms with Crippen molar-refractivity contribution in [1.82, 2.24) is 4.90 Å². The highest BCUT2D eigenvalue weighted by Crippen LogP contribution is 2.43. The van der Waals surface area contributed by atoms with E-state index < -0.39 is 0 Å². The number of nitrogens with two attached hydrogens (primary N) is 1. The molecule has 0 aromatic heterocycles. The summed E-state index contributed by atoms with van der Waals surface area (Å²) in [6.45, 7) is 6.25. The second kappa shape index (κ2) is 5.90. The normalized spacial score (nSPS) is 19.2. The molecule has 1 atom stereocenters. The Balaban J connectivity index is 2.36. The molecule has 1 aliphatic heterocycles. The summed E-state index contributed by atoms with van der Waals surface area (Å²) >= 11 is 6.36. The average Bonchev–Trinajstić information content (AvgIpc) is 2.77. The van der Waals surface area contributed by atoms with Crippen LogP contribution in [0.15, 0.2) is 12.1 Å². The van der Waals surface area contributed by atoms with Gasteiger partial charge in [0.2, 0.25) is 0 Å². The number of hydrogen-bond donors (Lipinski definition) is 2. The number of hydrogen-bond acceptors (Lipinski definition) is 4. The highest BCUT2D eigenvalue weighted by atomic mass is 35.5. The number of nitrogens with zero attached hydrogens (tertiary/aromatic N) is 1. The molecule has 0 bridgehead atoms. The summed E-state index contributed by atoms with van der Waals surface area (Å²) in [6, 6.07) is 3.84. The fourth-order valence-electron chi connectivity index (χ4n) is 2.86. The first-order chi connectivity index (χ1) is 9.43. The van der Waals surface area contributed by atoms with Crippen molar-refractivity contribution in [1.29, 1.82) is 0 Å². The van der Waals surface area contributed by atoms with Gasteiger partial charge in [0.25, 0.3) is 0 Å². The molecule has 0 aliphatic carbocycles. The minimum atomic E-state index is -0.171. The minimum Gasteiger partial charge on any atom is -0.496 e. The summed E-state index contributed by atoms with van der Waals surface area (Å²) in [7, 11) is 1.67. The molecule has 0 fully saturated rings. The Bertz CT molecular complexity index is 491. The van der Waals surface area contributed by atoms with E-state index in [0.29, 0.717) is 6.54 Å². The molecule has 3 N–H and O–H groups in total. The maximum Gasteiger partial charge on any atom is 0.123 e. The van der Waals surface area contributed by atoms with Crippen LogP contribution in [-0.2, 0) is 6.54 Å². The van der Waals surface area contributed by atoms with Gasteiger partial charge in [0.1, 0.15) is 5.75 Å². The molecular weight excluding hydrogens is 276 g/mol. The fraction of sp³-hybridized carbons (Fsp3) is 0.600. The van der Waals surface area contributed by atoms with Crippen molar-refractivity contribution < 1.29 is 9.84 Å². The van der Waals surface area contributed by atoms with Gasteiger partial charge >= 0.3 is 0 Å². The smallest absolute Gasteiger partial charge is 0.123 e. The SMILES string of the molecule is COc1ccc(Cl)c2c1CN(CC(C)(C)CO)C2CN. The largest absolute Gasteiger partial charge is 0.496 e. The maximum absolute atomic E-state index is 9.48. The number of rotatable bonds is 5. The van der Waals surface area contributed by atoms with Gasteiger partial charge in [0.05, 0.1) is 7.11 Å². The van der Waals surface area contributed by atoms with Gasteiger partial charge in [-0.25, -0.2) is 0 Å². The summed E-state index contributed by atoms with van der Waals surface area (Å²) in [4.78, 5) is 2.27. The predicted octanol–water partition coefficient (Wildman–Crippen LogP) is 2.18. The van der Waals surface area contributed by atoms with E-state index in [9.17, 15) is 5.11 Å². The molecule has 112 valence electrons. The highest BCUT2D eigenvalue weighted by molar-refractivity contribution is 6.31. The molecular formula is C15H23ClN2O2. The standard InChI is InChI=1S/C15H23ClN2O2/c1-15(2,9-19)8-18-7-10-13(20-3)5-4-11(16)14(10)12(18)6-17/h4-5,12,19H,6-9,17H2,1-3H3. The monoisotopic (exact) mass is 298 g/mol. The Labute approximate surface area is 125 Å². The first kappa shape index (κ1) is 15.6. The van der Waals surface area contributed by atoms with Crippen molar-refractivity contribution in [2.75, 3.05) is 26.8 Å². The van der Waals surface area contributed by atoms with Crippen LogP contribution in [0.1, 0.15) is 31.0 Å². The van der Waals surface area contributed by atoms with Gasteiger partial charge in [-0.15, -0.1) is 0 Å². The van der Waals surface area contributed by atoms with Crippen LogP contribution in [0, 0.1) is 5.41 Å². The van der Waals surface area contributed by atoms with E-state index in [1.54, 1.807) is 7.11 Å². The van der Waals surface area contributed by atoms with Crippen LogP contribution in [0.5, 0.6) is 5.75 Å². The number of methoxy groups -OCH3 is 1. The third kappa shape index (κ3) is 2.79. The van der Waals surface area contributed by atoms with Gasteiger partial charge in [-0.3, -0.25) is 4.90 Å². The van der Waals surface area contributed by atoms with Gasteiger partial charge in [-0.1, -0.05) is 25.4 Å². The fourth-order valence-corrected chi connectivity index (χ4v) is 3.16. The Morgan fingerprint density at radius 1 is 1.50 bits per heavy atom. The van der Waals surface area contributed by atoms with Crippen LogP contribution in [-0.4, -0.2) is 36.8 Å². The third-order valence-corrected chi connectivity index (χ3v) is 4.23. The van der Waals surface area contributed by atoms with Crippen LogP contribution >= 0.6 is 11.6 Å². The van der Waals surface area contributed by atoms with E-state index in [1.807, 2.05) is 26.0 Å². The van der Waals surface area contributed by atoms with Gasteiger partial charge in [0, 0.05) is 48.3 Å². The molecule has 1 aromatic rings. The zero-order valence-electron chi connectivity index (χ0n) is 12.3. The van der Waals surface area contributed by atoms with Crippen molar-refractivity contribution in [3.8, 4) is 5.75 Å². The number of aliphatic hydroxyl groups is 1. The zero-order valence-corrected chi connectivity index (χ0v) is 13.1. The summed E-state index contributed by atoms with van der Waals surface area (Å²) in [5, 5.41) is 10.2. The molecule has 4 nitrogen and oxygen atoms in total. The van der Waals surface area contributed by atoms with Crippen molar-refractivity contribution in [2.24, 2.45) is 11.1 Å². The lowest BCUT2D eigenvalue weighted by Crippen LogP contribution is -2.37. The molecule has 2 rings (SSSR count). The summed E-state index contributed by atoms with van der Waals surface area (Å²) in [6.07, 6.45) is 0. The van der Waals surface area contributed by atoms with E-state index in [-0.39, 0.29) is 18.1 Å². The van der Waals surface area contributed by atoms with Crippen LogP contribution < -0.4 is 10.5 Å². The molecule has 0 saturated heterocycles. The molecule has 0 amide bonds. The van der Waals surface area contributed by atoms with Crippen LogP contribution in [0.25, 0.3) is 0 Å². The molecule has 1 aromatic carbocycles. The number of benzene rings is 1. The van der Waals surface area contributed by atoms with Crippen molar-refractivity contribution in [3.05, 3.63) is 28.3 Å². The van der Waals surface area contributed by atoms with E-state index >= 15 is 0 Å². The first-order valence-electron chi connectivity index (χ1n) is 6.83. The predicted molar refractivity (Wildman–Crippen MR) is 81.1 cm³/mol. The van der Waals surface area contributed by atoms with Crippen LogP contribution in [0.2, 0.25) is 5.02 Å². The lowest BCUT2D eigenvalue weighted by molar-refractivity contribution is 0.0844. The lowest BCUT2D eigenvalue weighted by atomic mass is 9.93. The van der Waals surface area contributed by atoms with E-state index in [2.05, 4.69) is 4.90 Å². The Morgan fingerprint density at radius 3 is 2.75 bits per heavy atom. The molecule has 20 heavy (non-hydrogen) atoms. The van der Waals surface area contributed by atoms with Gasteiger partial charge in [-0.05, 0) is 17.7 Å². The maximum atomic E-state index is 9.48. The van der Waals surface area contributed by atoms with Crippen LogP contribution in [0.3, 0.4) is 0 Å². The zero-order chi connectivity index (χ0) is 14.9. The highest BCUT2D eigenvalue weighted by Gasteiger charge is 2.36. The van der Waals surface area contributed by atoms with Gasteiger partial charge in [0.15, 0.2) is 0 Å². The Morgan fingerprint density at radius 2 is 2.20 bits per heavy atom. The van der Waals surface area contributed by atoms with E-state index in [4.69, 9.17) is 22.1 Å². The molecule has 1 unspecified atom stereocenters. The van der Waals surface area contributed by atoms with E-state index in [1.165, 1.54) is 0 Å². The molecule has 5 heteroatoms. The second-order valence-corrected chi connectivity index (χ2v) is 6.53. The summed E-state index contributed by atoms with van der Waals surface area (Å²) in [5.74, 6) is 0.854. The van der Waals surface area contributed by atoms with Crippen molar-refractivity contribution in [2.45, 2.75) is 26.4 Å². The molecule has 1 heterocycles. The molecule has 0 saturated carbocycles. The average molecular weight is 299 g/mol. The van der Waals surface area contributed by atoms with Crippen LogP contribution in [0.4, 0.5) is 0 Å². The second-order valence-electron chi connectivity index (χ2n) is 6.12. The van der Waals surface area contributed by atoms with Crippen molar-refractivity contribution in [3.63, 3.8) is 0 Å². The number of halogens is 1. The number of aliphatic hydroxyl groups excluding tert-OH is 1. The molecule has 1 aliphatic rings. The summed E-state index contributed by atoms with van der Waals surface area (Å²) < 4.78 is 5.43. The number of ether oxygens (including phenoxy) is 1. The first-order valence-corrected chi connectivity index (χ1v) is 7.21. The third-order valence-electron chi connectivity index (χ3n) is 3.90. The summed E-state index contributed by atoms with van der Waals surface area (Å²) in [5.41, 5.74) is 7.97. The van der Waals surface area contributed by atoms with Crippen molar-refractivity contribution >= 4 is 11.6 Å². The molecule has 0 spiro atoms. The lowest BCUT2D eigenvalue weighted by Gasteiger charge is -2.32. The van der Waals surface area contributed by atoms with E-state index in [0.717, 1.165) is 35.0 Å². The Kier molecular flexibility index (Phi) is 4.59. The van der Waals surface area contributed by atoms with Gasteiger partial charge in [-0.2, -0.15) is 0 Å². The number of fused-ring (bicyclic) bond motifs is 1. The Hall–Kier alpha value is -0.810.